The first-order valence-corrected chi connectivity index (χ1v) is 5.27. The van der Waals surface area contributed by atoms with Crippen LogP contribution < -0.4 is 4.74 Å². The van der Waals surface area contributed by atoms with Crippen LogP contribution in [0.3, 0.4) is 0 Å². The van der Waals surface area contributed by atoms with Crippen molar-refractivity contribution in [3.63, 3.8) is 0 Å². The van der Waals surface area contributed by atoms with Crippen molar-refractivity contribution in [1.82, 2.24) is 0 Å². The average Bonchev–Trinajstić information content (AvgIpc) is 2.38. The Labute approximate surface area is 103 Å². The summed E-state index contributed by atoms with van der Waals surface area (Å²) in [4.78, 5) is 10.1. The number of rotatable bonds is 4. The Hall–Kier alpha value is -2.43. The van der Waals surface area contributed by atoms with Gasteiger partial charge in [0.15, 0.2) is 0 Å². The fourth-order valence-electron chi connectivity index (χ4n) is 1.46. The van der Waals surface area contributed by atoms with Gasteiger partial charge in [-0.05, 0) is 12.1 Å². The molecule has 4 nitrogen and oxygen atoms in total. The molecule has 0 saturated carbocycles. The summed E-state index contributed by atoms with van der Waals surface area (Å²) in [5, 5.41) is 10.6. The topological polar surface area (TPSA) is 52.4 Å². The Morgan fingerprint density at radius 3 is 2.67 bits per heavy atom. The van der Waals surface area contributed by atoms with Crippen molar-refractivity contribution in [3.8, 4) is 5.75 Å². The summed E-state index contributed by atoms with van der Waals surface area (Å²) in [7, 11) is 0. The Morgan fingerprint density at radius 2 is 1.94 bits per heavy atom. The zero-order valence-corrected chi connectivity index (χ0v) is 9.38. The minimum Gasteiger partial charge on any atom is -0.489 e. The van der Waals surface area contributed by atoms with Crippen LogP contribution in [0.4, 0.5) is 10.1 Å². The molecule has 2 rings (SSSR count). The van der Waals surface area contributed by atoms with Crippen LogP contribution in [0.5, 0.6) is 5.75 Å². The average molecular weight is 247 g/mol. The van der Waals surface area contributed by atoms with Crippen molar-refractivity contribution in [2.75, 3.05) is 0 Å². The summed E-state index contributed by atoms with van der Waals surface area (Å²) >= 11 is 0. The van der Waals surface area contributed by atoms with Crippen LogP contribution in [0, 0.1) is 15.9 Å². The lowest BCUT2D eigenvalue weighted by molar-refractivity contribution is -0.384. The molecular weight excluding hydrogens is 237 g/mol. The van der Waals surface area contributed by atoms with Crippen LogP contribution in [0.1, 0.15) is 5.56 Å². The molecule has 0 N–H and O–H groups in total. The largest absolute Gasteiger partial charge is 0.489 e. The molecule has 0 aromatic heterocycles. The van der Waals surface area contributed by atoms with Crippen molar-refractivity contribution in [3.05, 3.63) is 70.0 Å². The van der Waals surface area contributed by atoms with E-state index in [-0.39, 0.29) is 18.1 Å². The van der Waals surface area contributed by atoms with E-state index < -0.39 is 4.92 Å². The van der Waals surface area contributed by atoms with Gasteiger partial charge in [-0.3, -0.25) is 10.1 Å². The van der Waals surface area contributed by atoms with Crippen molar-refractivity contribution >= 4 is 5.69 Å². The molecule has 0 saturated heterocycles. The van der Waals surface area contributed by atoms with Gasteiger partial charge in [0.05, 0.1) is 11.0 Å². The molecule has 5 heteroatoms. The highest BCUT2D eigenvalue weighted by atomic mass is 19.1. The quantitative estimate of drug-likeness (QED) is 0.615. The number of ether oxygens (including phenoxy) is 1. The van der Waals surface area contributed by atoms with Crippen LogP contribution in [-0.2, 0) is 6.61 Å². The van der Waals surface area contributed by atoms with Crippen molar-refractivity contribution in [2.24, 2.45) is 0 Å². The van der Waals surface area contributed by atoms with Crippen LogP contribution in [0.2, 0.25) is 0 Å². The normalized spacial score (nSPS) is 10.1. The Bertz CT molecular complexity index is 572. The number of hydrogen-bond acceptors (Lipinski definition) is 3. The molecule has 0 atom stereocenters. The second-order valence-corrected chi connectivity index (χ2v) is 3.63. The molecule has 92 valence electrons. The maximum atomic E-state index is 13.3. The van der Waals surface area contributed by atoms with E-state index >= 15 is 0 Å². The predicted octanol–water partition coefficient (Wildman–Crippen LogP) is 3.31. The zero-order valence-electron chi connectivity index (χ0n) is 9.38. The highest BCUT2D eigenvalue weighted by molar-refractivity contribution is 5.38. The van der Waals surface area contributed by atoms with E-state index in [4.69, 9.17) is 4.74 Å². The number of benzene rings is 2. The summed E-state index contributed by atoms with van der Waals surface area (Å²) in [5.41, 5.74) is 0.352. The first-order valence-electron chi connectivity index (χ1n) is 5.27. The monoisotopic (exact) mass is 247 g/mol. The van der Waals surface area contributed by atoms with Crippen molar-refractivity contribution < 1.29 is 14.1 Å². The molecule has 0 aliphatic carbocycles. The lowest BCUT2D eigenvalue weighted by Crippen LogP contribution is -1.98. The summed E-state index contributed by atoms with van der Waals surface area (Å²) in [6, 6.07) is 12.0. The Morgan fingerprint density at radius 1 is 1.17 bits per heavy atom. The minimum atomic E-state index is -0.504. The van der Waals surface area contributed by atoms with Gasteiger partial charge in [-0.25, -0.2) is 4.39 Å². The minimum absolute atomic E-state index is 0.0356. The van der Waals surface area contributed by atoms with Crippen molar-refractivity contribution in [2.45, 2.75) is 6.61 Å². The molecule has 2 aromatic carbocycles. The number of nitrogens with zero attached hydrogens (tertiary/aromatic N) is 1. The van der Waals surface area contributed by atoms with Crippen LogP contribution in [0.25, 0.3) is 0 Å². The number of hydrogen-bond donors (Lipinski definition) is 0. The molecule has 0 fully saturated rings. The fraction of sp³-hybridized carbons (Fsp3) is 0.0769. The maximum absolute atomic E-state index is 13.3. The van der Waals surface area contributed by atoms with Gasteiger partial charge >= 0.3 is 0 Å². The van der Waals surface area contributed by atoms with Crippen molar-refractivity contribution in [1.29, 1.82) is 0 Å². The van der Waals surface area contributed by atoms with Gasteiger partial charge in [0.25, 0.3) is 5.69 Å². The molecule has 0 aliphatic rings. The molecule has 0 radical (unpaired) electrons. The fourth-order valence-corrected chi connectivity index (χ4v) is 1.46. The molecule has 18 heavy (non-hydrogen) atoms. The second-order valence-electron chi connectivity index (χ2n) is 3.63. The molecule has 2 aromatic rings. The number of non-ortho nitro benzene ring substituents is 1. The van der Waals surface area contributed by atoms with Gasteiger partial charge in [-0.15, -0.1) is 0 Å². The first kappa shape index (κ1) is 12.0. The summed E-state index contributed by atoms with van der Waals surface area (Å²) < 4.78 is 18.6. The maximum Gasteiger partial charge on any atom is 0.273 e. The third-order valence-electron chi connectivity index (χ3n) is 2.38. The number of nitro benzene ring substituents is 1. The summed E-state index contributed by atoms with van der Waals surface area (Å²) in [6.07, 6.45) is 0. The third-order valence-corrected chi connectivity index (χ3v) is 2.38. The standard InChI is InChI=1S/C13H10FNO3/c14-13-7-2-1-4-10(13)9-18-12-6-3-5-11(8-12)15(16)17/h1-8H,9H2. The predicted molar refractivity (Wildman–Crippen MR) is 63.8 cm³/mol. The highest BCUT2D eigenvalue weighted by Gasteiger charge is 2.07. The molecule has 0 bridgehead atoms. The van der Waals surface area contributed by atoms with E-state index in [1.807, 2.05) is 0 Å². The second kappa shape index (κ2) is 5.27. The SMILES string of the molecule is O=[N+]([O-])c1cccc(OCc2ccccc2F)c1. The summed E-state index contributed by atoms with van der Waals surface area (Å²) in [5.74, 6) is -0.0182. The molecule has 0 spiro atoms. The van der Waals surface area contributed by atoms with Crippen LogP contribution in [-0.4, -0.2) is 4.92 Å². The van der Waals surface area contributed by atoms with Gasteiger partial charge < -0.3 is 4.74 Å². The van der Waals surface area contributed by atoms with Crippen LogP contribution in [0.15, 0.2) is 48.5 Å². The van der Waals surface area contributed by atoms with Gasteiger partial charge in [-0.1, -0.05) is 24.3 Å². The molecule has 0 unspecified atom stereocenters. The van der Waals surface area contributed by atoms with Gasteiger partial charge in [-0.2, -0.15) is 0 Å². The molecule has 0 heterocycles. The van der Waals surface area contributed by atoms with E-state index in [1.54, 1.807) is 24.3 Å². The van der Waals surface area contributed by atoms with E-state index in [2.05, 4.69) is 0 Å². The van der Waals surface area contributed by atoms with Gasteiger partial charge in [0.1, 0.15) is 18.2 Å². The first-order chi connectivity index (χ1) is 8.66. The smallest absolute Gasteiger partial charge is 0.273 e. The Balaban J connectivity index is 2.09. The third kappa shape index (κ3) is 2.82. The lowest BCUT2D eigenvalue weighted by Gasteiger charge is -2.06. The highest BCUT2D eigenvalue weighted by Crippen LogP contribution is 2.20. The zero-order chi connectivity index (χ0) is 13.0. The Kier molecular flexibility index (Phi) is 3.52. The van der Waals surface area contributed by atoms with E-state index in [9.17, 15) is 14.5 Å². The van der Waals surface area contributed by atoms with Gasteiger partial charge in [0.2, 0.25) is 0 Å². The molecule has 0 amide bonds. The number of nitro groups is 1. The number of halogens is 1. The molecular formula is C13H10FNO3. The molecule has 0 aliphatic heterocycles. The lowest BCUT2D eigenvalue weighted by atomic mass is 10.2. The van der Waals surface area contributed by atoms with E-state index in [0.717, 1.165) is 0 Å². The van der Waals surface area contributed by atoms with Gasteiger partial charge in [0, 0.05) is 11.6 Å². The van der Waals surface area contributed by atoms with E-state index in [1.165, 1.54) is 24.3 Å². The van der Waals surface area contributed by atoms with E-state index in [0.29, 0.717) is 11.3 Å². The summed E-state index contributed by atoms with van der Waals surface area (Å²) in [6.45, 7) is 0.0356. The van der Waals surface area contributed by atoms with Crippen LogP contribution >= 0.6 is 0 Å².